The minimum atomic E-state index is -0.393. The monoisotopic (exact) mass is 367 g/mol. The molecule has 1 aliphatic rings. The molecule has 5 nitrogen and oxygen atoms in total. The van der Waals surface area contributed by atoms with E-state index in [1.807, 2.05) is 36.2 Å². The molecule has 0 unspecified atom stereocenters. The molecule has 1 atom stereocenters. The van der Waals surface area contributed by atoms with E-state index < -0.39 is 6.04 Å². The molecule has 120 valence electrons. The Morgan fingerprint density at radius 1 is 1.36 bits per heavy atom. The van der Waals surface area contributed by atoms with Crippen molar-refractivity contribution in [3.8, 4) is 0 Å². The van der Waals surface area contributed by atoms with E-state index >= 15 is 0 Å². The summed E-state index contributed by atoms with van der Waals surface area (Å²) in [7, 11) is 1.90. The van der Waals surface area contributed by atoms with Crippen molar-refractivity contribution >= 4 is 27.7 Å². The van der Waals surface area contributed by atoms with Gasteiger partial charge in [-0.25, -0.2) is 0 Å². The van der Waals surface area contributed by atoms with Gasteiger partial charge in [0.25, 0.3) is 0 Å². The molecule has 2 N–H and O–H groups in total. The van der Waals surface area contributed by atoms with Gasteiger partial charge in [0.15, 0.2) is 0 Å². The lowest BCUT2D eigenvalue weighted by molar-refractivity contribution is -0.129. The number of halogens is 1. The van der Waals surface area contributed by atoms with Crippen molar-refractivity contribution < 1.29 is 9.59 Å². The van der Waals surface area contributed by atoms with Gasteiger partial charge in [0.1, 0.15) is 6.04 Å². The maximum atomic E-state index is 12.1. The third kappa shape index (κ3) is 5.42. The number of hydrogen-bond acceptors (Lipinski definition) is 3. The van der Waals surface area contributed by atoms with Crippen LogP contribution in [0.25, 0.3) is 0 Å². The first-order valence-corrected chi connectivity index (χ1v) is 8.34. The third-order valence-corrected chi connectivity index (χ3v) is 4.18. The van der Waals surface area contributed by atoms with Crippen LogP contribution < -0.4 is 10.6 Å². The highest BCUT2D eigenvalue weighted by molar-refractivity contribution is 9.10. The Labute approximate surface area is 139 Å². The summed E-state index contributed by atoms with van der Waals surface area (Å²) >= 11 is 3.40. The largest absolute Gasteiger partial charge is 0.354 e. The lowest BCUT2D eigenvalue weighted by Gasteiger charge is -2.19. The van der Waals surface area contributed by atoms with Gasteiger partial charge >= 0.3 is 0 Å². The van der Waals surface area contributed by atoms with Crippen LogP contribution in [0.2, 0.25) is 0 Å². The smallest absolute Gasteiger partial charge is 0.242 e. The molecule has 1 aromatic rings. The highest BCUT2D eigenvalue weighted by atomic mass is 79.9. The van der Waals surface area contributed by atoms with E-state index in [9.17, 15) is 9.59 Å². The predicted molar refractivity (Wildman–Crippen MR) is 89.3 cm³/mol. The molecule has 1 fully saturated rings. The summed E-state index contributed by atoms with van der Waals surface area (Å²) < 4.78 is 1.04. The zero-order valence-electron chi connectivity index (χ0n) is 12.8. The lowest BCUT2D eigenvalue weighted by atomic mass is 10.1. The van der Waals surface area contributed by atoms with Gasteiger partial charge in [0.2, 0.25) is 11.8 Å². The third-order valence-electron chi connectivity index (χ3n) is 3.65. The van der Waals surface area contributed by atoms with E-state index in [1.54, 1.807) is 0 Å². The van der Waals surface area contributed by atoms with Crippen molar-refractivity contribution in [1.82, 2.24) is 15.5 Å². The summed E-state index contributed by atoms with van der Waals surface area (Å²) in [6.07, 6.45) is 2.65. The molecule has 22 heavy (non-hydrogen) atoms. The topological polar surface area (TPSA) is 61.4 Å². The van der Waals surface area contributed by atoms with Gasteiger partial charge in [-0.3, -0.25) is 14.5 Å². The highest BCUT2D eigenvalue weighted by Gasteiger charge is 2.22. The van der Waals surface area contributed by atoms with E-state index in [2.05, 4.69) is 26.6 Å². The molecule has 6 heteroatoms. The van der Waals surface area contributed by atoms with Crippen molar-refractivity contribution in [1.29, 1.82) is 0 Å². The van der Waals surface area contributed by atoms with Gasteiger partial charge in [0.05, 0.1) is 6.54 Å². The first kappa shape index (κ1) is 17.0. The molecule has 2 amide bonds. The van der Waals surface area contributed by atoms with Crippen LogP contribution >= 0.6 is 15.9 Å². The SMILES string of the molecule is CN(CC(=O)N[C@@H]1CCCCNC1=O)Cc1ccc(Br)cc1. The van der Waals surface area contributed by atoms with Crippen LogP contribution in [0.4, 0.5) is 0 Å². The molecule has 1 aromatic carbocycles. The molecular formula is C16H22BrN3O2. The molecule has 0 spiro atoms. The summed E-state index contributed by atoms with van der Waals surface area (Å²) in [5.74, 6) is -0.178. The number of hydrogen-bond donors (Lipinski definition) is 2. The Hall–Kier alpha value is -1.40. The first-order chi connectivity index (χ1) is 10.5. The van der Waals surface area contributed by atoms with Gasteiger partial charge in [-0.15, -0.1) is 0 Å². The van der Waals surface area contributed by atoms with Crippen LogP contribution in [0, 0.1) is 0 Å². The molecule has 1 saturated heterocycles. The lowest BCUT2D eigenvalue weighted by Crippen LogP contribution is -2.48. The van der Waals surface area contributed by atoms with Gasteiger partial charge < -0.3 is 10.6 Å². The predicted octanol–water partition coefficient (Wildman–Crippen LogP) is 1.67. The van der Waals surface area contributed by atoms with Gasteiger partial charge in [-0.05, 0) is 44.0 Å². The molecule has 1 aliphatic heterocycles. The summed E-state index contributed by atoms with van der Waals surface area (Å²) in [6, 6.07) is 7.63. The molecule has 1 heterocycles. The Morgan fingerprint density at radius 3 is 2.82 bits per heavy atom. The number of likely N-dealkylation sites (N-methyl/N-ethyl adjacent to an activating group) is 1. The number of rotatable bonds is 5. The average Bonchev–Trinajstić information content (AvgIpc) is 2.66. The summed E-state index contributed by atoms with van der Waals surface area (Å²) in [4.78, 5) is 25.8. The fraction of sp³-hybridized carbons (Fsp3) is 0.500. The number of benzene rings is 1. The normalized spacial score (nSPS) is 18.7. The van der Waals surface area contributed by atoms with Crippen LogP contribution in [0.5, 0.6) is 0 Å². The fourth-order valence-corrected chi connectivity index (χ4v) is 2.78. The van der Waals surface area contributed by atoms with Crippen molar-refractivity contribution in [2.24, 2.45) is 0 Å². The summed E-state index contributed by atoms with van der Waals surface area (Å²) in [5.41, 5.74) is 1.14. The maximum absolute atomic E-state index is 12.1. The van der Waals surface area contributed by atoms with E-state index in [1.165, 1.54) is 0 Å². The minimum absolute atomic E-state index is 0.0681. The summed E-state index contributed by atoms with van der Waals surface area (Å²) in [5, 5.41) is 5.66. The fourth-order valence-electron chi connectivity index (χ4n) is 2.52. The number of carbonyl (C=O) groups is 2. The Kier molecular flexibility index (Phi) is 6.39. The number of nitrogens with one attached hydrogen (secondary N) is 2. The molecular weight excluding hydrogens is 346 g/mol. The van der Waals surface area contributed by atoms with Crippen LogP contribution in [-0.2, 0) is 16.1 Å². The van der Waals surface area contributed by atoms with Gasteiger partial charge in [-0.1, -0.05) is 28.1 Å². The molecule has 0 radical (unpaired) electrons. The minimum Gasteiger partial charge on any atom is -0.354 e. The van der Waals surface area contributed by atoms with Crippen molar-refractivity contribution in [2.45, 2.75) is 31.8 Å². The molecule has 2 rings (SSSR count). The van der Waals surface area contributed by atoms with E-state index in [4.69, 9.17) is 0 Å². The van der Waals surface area contributed by atoms with Crippen LogP contribution in [0.3, 0.4) is 0 Å². The zero-order chi connectivity index (χ0) is 15.9. The second kappa shape index (κ2) is 8.29. The van der Waals surface area contributed by atoms with E-state index in [0.29, 0.717) is 19.5 Å². The summed E-state index contributed by atoms with van der Waals surface area (Å²) in [6.45, 7) is 1.67. The molecule has 0 bridgehead atoms. The van der Waals surface area contributed by atoms with Crippen LogP contribution in [0.15, 0.2) is 28.7 Å². The number of amides is 2. The molecule has 0 saturated carbocycles. The quantitative estimate of drug-likeness (QED) is 0.831. The van der Waals surface area contributed by atoms with Gasteiger partial charge in [-0.2, -0.15) is 0 Å². The second-order valence-corrected chi connectivity index (χ2v) is 6.62. The Bertz CT molecular complexity index is 519. The van der Waals surface area contributed by atoms with Gasteiger partial charge in [0, 0.05) is 17.6 Å². The molecule has 0 aliphatic carbocycles. The van der Waals surface area contributed by atoms with E-state index in [0.717, 1.165) is 22.9 Å². The second-order valence-electron chi connectivity index (χ2n) is 5.71. The Balaban J connectivity index is 1.80. The first-order valence-electron chi connectivity index (χ1n) is 7.54. The average molecular weight is 368 g/mol. The van der Waals surface area contributed by atoms with Crippen LogP contribution in [-0.4, -0.2) is 42.9 Å². The van der Waals surface area contributed by atoms with Crippen LogP contribution in [0.1, 0.15) is 24.8 Å². The van der Waals surface area contributed by atoms with E-state index in [-0.39, 0.29) is 18.4 Å². The number of nitrogens with zero attached hydrogens (tertiary/aromatic N) is 1. The van der Waals surface area contributed by atoms with Crippen molar-refractivity contribution in [3.05, 3.63) is 34.3 Å². The van der Waals surface area contributed by atoms with Crippen molar-refractivity contribution in [2.75, 3.05) is 20.1 Å². The number of carbonyl (C=O) groups excluding carboxylic acids is 2. The maximum Gasteiger partial charge on any atom is 0.242 e. The highest BCUT2D eigenvalue weighted by Crippen LogP contribution is 2.11. The molecule has 0 aromatic heterocycles. The Morgan fingerprint density at radius 2 is 2.09 bits per heavy atom. The van der Waals surface area contributed by atoms with Crippen molar-refractivity contribution in [3.63, 3.8) is 0 Å². The zero-order valence-corrected chi connectivity index (χ0v) is 14.4. The standard InChI is InChI=1S/C16H22BrN3O2/c1-20(10-12-5-7-13(17)8-6-12)11-15(21)19-14-4-2-3-9-18-16(14)22/h5-8,14H,2-4,9-11H2,1H3,(H,18,22)(H,19,21)/t14-/m1/s1.